The molecule has 0 saturated heterocycles. The first-order chi connectivity index (χ1) is 5.75. The van der Waals surface area contributed by atoms with E-state index >= 15 is 0 Å². The molecule has 0 radical (unpaired) electrons. The minimum absolute atomic E-state index is 0.170. The smallest absolute Gasteiger partial charge is 0.312 e. The van der Waals surface area contributed by atoms with E-state index in [0.29, 0.717) is 0 Å². The third kappa shape index (κ3) is 1.84. The largest absolute Gasteiger partial charge is 0.469 e. The van der Waals surface area contributed by atoms with Crippen molar-refractivity contribution >= 4 is 5.97 Å². The van der Waals surface area contributed by atoms with Crippen molar-refractivity contribution < 1.29 is 9.53 Å². The summed E-state index contributed by atoms with van der Waals surface area (Å²) >= 11 is 0. The Morgan fingerprint density at radius 3 is 2.42 bits per heavy atom. The van der Waals surface area contributed by atoms with Crippen LogP contribution in [-0.2, 0) is 9.53 Å². The van der Waals surface area contributed by atoms with Crippen LogP contribution in [0.3, 0.4) is 0 Å². The quantitative estimate of drug-likeness (QED) is 0.623. The predicted octanol–water partition coefficient (Wildman–Crippen LogP) is 1.96. The third-order valence-electron chi connectivity index (χ3n) is 1.85. The van der Waals surface area contributed by atoms with Gasteiger partial charge >= 0.3 is 5.97 Å². The van der Waals surface area contributed by atoms with Gasteiger partial charge in [0.25, 0.3) is 0 Å². The molecule has 0 N–H and O–H groups in total. The van der Waals surface area contributed by atoms with Gasteiger partial charge in [-0.25, -0.2) is 0 Å². The zero-order valence-electron chi connectivity index (χ0n) is 7.28. The number of esters is 1. The fraction of sp³-hybridized carbons (Fsp3) is 0.300. The summed E-state index contributed by atoms with van der Waals surface area (Å²) in [6.45, 7) is 1.83. The van der Waals surface area contributed by atoms with Crippen LogP contribution in [0.5, 0.6) is 0 Å². The van der Waals surface area contributed by atoms with Crippen LogP contribution in [0, 0.1) is 0 Å². The van der Waals surface area contributed by atoms with E-state index in [1.54, 1.807) is 0 Å². The summed E-state index contributed by atoms with van der Waals surface area (Å²) in [6, 6.07) is 9.58. The molecule has 1 unspecified atom stereocenters. The van der Waals surface area contributed by atoms with E-state index in [4.69, 9.17) is 0 Å². The number of ether oxygens (including phenoxy) is 1. The van der Waals surface area contributed by atoms with Crippen molar-refractivity contribution in [3.63, 3.8) is 0 Å². The Balaban J connectivity index is 2.78. The Morgan fingerprint density at radius 1 is 1.33 bits per heavy atom. The summed E-state index contributed by atoms with van der Waals surface area (Å²) in [5, 5.41) is 0. The molecule has 0 amide bonds. The molecule has 0 aliphatic heterocycles. The lowest BCUT2D eigenvalue weighted by Gasteiger charge is -2.08. The van der Waals surface area contributed by atoms with Crippen molar-refractivity contribution in [2.24, 2.45) is 0 Å². The van der Waals surface area contributed by atoms with E-state index in [2.05, 4.69) is 4.74 Å². The van der Waals surface area contributed by atoms with E-state index in [-0.39, 0.29) is 11.9 Å². The van der Waals surface area contributed by atoms with E-state index in [9.17, 15) is 4.79 Å². The minimum Gasteiger partial charge on any atom is -0.469 e. The minimum atomic E-state index is -0.193. The molecule has 0 aliphatic rings. The van der Waals surface area contributed by atoms with Crippen LogP contribution in [0.25, 0.3) is 0 Å². The molecule has 0 heterocycles. The number of methoxy groups -OCH3 is 1. The topological polar surface area (TPSA) is 26.3 Å². The summed E-state index contributed by atoms with van der Waals surface area (Å²) in [4.78, 5) is 11.1. The van der Waals surface area contributed by atoms with Gasteiger partial charge in [0.2, 0.25) is 0 Å². The lowest BCUT2D eigenvalue weighted by molar-refractivity contribution is -0.141. The molecule has 0 aromatic heterocycles. The van der Waals surface area contributed by atoms with E-state index in [0.717, 1.165) is 5.56 Å². The average molecular weight is 163 g/mol. The second kappa shape index (κ2) is 3.90. The van der Waals surface area contributed by atoms with Gasteiger partial charge in [0, 0.05) is 0 Å². The summed E-state index contributed by atoms with van der Waals surface area (Å²) < 4.78 is 4.63. The van der Waals surface area contributed by atoms with Gasteiger partial charge in [-0.15, -0.1) is 0 Å². The molecule has 12 heavy (non-hydrogen) atoms. The van der Waals surface area contributed by atoms with Gasteiger partial charge in [-0.2, -0.15) is 0 Å². The zero-order valence-corrected chi connectivity index (χ0v) is 7.28. The van der Waals surface area contributed by atoms with Gasteiger partial charge in [0.15, 0.2) is 0 Å². The molecule has 1 aromatic carbocycles. The van der Waals surface area contributed by atoms with Crippen LogP contribution in [-0.4, -0.2) is 13.1 Å². The van der Waals surface area contributed by atoms with Crippen LogP contribution >= 0.6 is 0 Å². The monoisotopic (exact) mass is 163 g/mol. The van der Waals surface area contributed by atoms with Gasteiger partial charge in [0.05, 0.1) is 13.0 Å². The predicted molar refractivity (Wildman–Crippen MR) is 46.9 cm³/mol. The SMILES string of the molecule is COC(=O)C([11CH3])c1ccccc1. The van der Waals surface area contributed by atoms with Crippen molar-refractivity contribution in [1.82, 2.24) is 0 Å². The Morgan fingerprint density at radius 2 is 1.92 bits per heavy atom. The maximum atomic E-state index is 11.1. The lowest BCUT2D eigenvalue weighted by Crippen LogP contribution is -2.10. The zero-order chi connectivity index (χ0) is 8.97. The molecule has 1 atom stereocenters. The summed E-state index contributed by atoms with van der Waals surface area (Å²) in [7, 11) is 1.40. The highest BCUT2D eigenvalue weighted by Crippen LogP contribution is 2.15. The highest BCUT2D eigenvalue weighted by atomic mass is 16.5. The van der Waals surface area contributed by atoms with E-state index in [1.165, 1.54) is 7.11 Å². The van der Waals surface area contributed by atoms with E-state index < -0.39 is 0 Å². The molecule has 0 aliphatic carbocycles. The standard InChI is InChI=1S/C10H12O2/c1-8(10(11)12-2)9-6-4-3-5-7-9/h3-8H,1-2H3/i1-1. The van der Waals surface area contributed by atoms with Crippen molar-refractivity contribution in [2.45, 2.75) is 12.8 Å². The van der Waals surface area contributed by atoms with Crippen LogP contribution < -0.4 is 0 Å². The normalized spacial score (nSPS) is 12.2. The van der Waals surface area contributed by atoms with Crippen molar-refractivity contribution in [2.75, 3.05) is 7.11 Å². The van der Waals surface area contributed by atoms with Gasteiger partial charge in [-0.3, -0.25) is 4.79 Å². The number of carbonyl (C=O) groups is 1. The summed E-state index contributed by atoms with van der Waals surface area (Å²) in [5.41, 5.74) is 0.990. The number of benzene rings is 1. The third-order valence-corrected chi connectivity index (χ3v) is 1.85. The number of rotatable bonds is 2. The van der Waals surface area contributed by atoms with Gasteiger partial charge in [-0.1, -0.05) is 30.3 Å². The molecule has 0 spiro atoms. The highest BCUT2D eigenvalue weighted by molar-refractivity contribution is 5.77. The van der Waals surface area contributed by atoms with E-state index in [1.807, 2.05) is 37.3 Å². The molecule has 1 aromatic rings. The fourth-order valence-corrected chi connectivity index (χ4v) is 1.05. The van der Waals surface area contributed by atoms with Gasteiger partial charge in [-0.05, 0) is 12.5 Å². The van der Waals surface area contributed by atoms with Gasteiger partial charge < -0.3 is 4.74 Å². The average Bonchev–Trinajstić information content (AvgIpc) is 2.17. The first-order valence-electron chi connectivity index (χ1n) is 3.88. The van der Waals surface area contributed by atoms with Crippen molar-refractivity contribution in [3.05, 3.63) is 35.9 Å². The number of hydrogen-bond acceptors (Lipinski definition) is 2. The van der Waals surface area contributed by atoms with Crippen LogP contribution in [0.2, 0.25) is 0 Å². The second-order valence-corrected chi connectivity index (χ2v) is 2.66. The maximum absolute atomic E-state index is 11.1. The Kier molecular flexibility index (Phi) is 2.86. The number of hydrogen-bond donors (Lipinski definition) is 0. The number of carbonyl (C=O) groups excluding carboxylic acids is 1. The molecule has 64 valence electrons. The molecular formula is C10H12O2. The fourth-order valence-electron chi connectivity index (χ4n) is 1.05. The highest BCUT2D eigenvalue weighted by Gasteiger charge is 2.14. The maximum Gasteiger partial charge on any atom is 0.312 e. The first kappa shape index (κ1) is 8.78. The van der Waals surface area contributed by atoms with Gasteiger partial charge in [0.1, 0.15) is 0 Å². The Hall–Kier alpha value is -1.31. The van der Waals surface area contributed by atoms with Crippen molar-refractivity contribution in [1.29, 1.82) is 0 Å². The molecule has 2 nitrogen and oxygen atoms in total. The van der Waals surface area contributed by atoms with Crippen molar-refractivity contribution in [3.8, 4) is 0 Å². The second-order valence-electron chi connectivity index (χ2n) is 2.66. The Bertz CT molecular complexity index is 254. The molecule has 0 bridgehead atoms. The molecule has 1 rings (SSSR count). The molecule has 2 heteroatoms. The Labute approximate surface area is 72.2 Å². The lowest BCUT2D eigenvalue weighted by atomic mass is 9.87. The van der Waals surface area contributed by atoms with Crippen LogP contribution in [0.15, 0.2) is 30.3 Å². The van der Waals surface area contributed by atoms with Crippen LogP contribution in [0.4, 0.5) is 0 Å². The first-order valence-corrected chi connectivity index (χ1v) is 3.88. The summed E-state index contributed by atoms with van der Waals surface area (Å²) in [6.07, 6.45) is 0. The molecule has 0 saturated carbocycles. The molecule has 0 fully saturated rings. The van der Waals surface area contributed by atoms with Crippen LogP contribution in [0.1, 0.15) is 18.4 Å². The molecular weight excluding hydrogens is 151 g/mol. The summed E-state index contributed by atoms with van der Waals surface area (Å²) in [5.74, 6) is -0.364.